The maximum atomic E-state index is 10.6. The average Bonchev–Trinajstić information content (AvgIpc) is 2.86. The number of rotatable bonds is 4. The van der Waals surface area contributed by atoms with Crippen LogP contribution in [0.15, 0.2) is 8.68 Å². The van der Waals surface area contributed by atoms with Gasteiger partial charge in [-0.1, -0.05) is 22.9 Å². The molecule has 0 fully saturated rings. The van der Waals surface area contributed by atoms with Crippen molar-refractivity contribution >= 4 is 57.5 Å². The number of hydrogen-bond donors (Lipinski definition) is 0. The number of thiazole rings is 1. The van der Waals surface area contributed by atoms with E-state index in [4.69, 9.17) is 11.6 Å². The predicted octanol–water partition coefficient (Wildman–Crippen LogP) is 2.68. The van der Waals surface area contributed by atoms with Gasteiger partial charge in [0.2, 0.25) is 5.13 Å². The molecule has 0 aromatic carbocycles. The van der Waals surface area contributed by atoms with Gasteiger partial charge in [0.05, 0.1) is 0 Å². The Balaban J connectivity index is 2.16. The normalized spacial score (nSPS) is 10.5. The molecule has 0 unspecified atom stereocenters. The van der Waals surface area contributed by atoms with E-state index in [1.807, 2.05) is 19.0 Å². The van der Waals surface area contributed by atoms with Gasteiger partial charge < -0.3 is 4.90 Å². The highest BCUT2D eigenvalue weighted by molar-refractivity contribution is 8.02. The summed E-state index contributed by atoms with van der Waals surface area (Å²) in [4.78, 5) is 17.0. The lowest BCUT2D eigenvalue weighted by molar-refractivity contribution is 0.112. The van der Waals surface area contributed by atoms with Crippen molar-refractivity contribution in [1.29, 1.82) is 0 Å². The minimum absolute atomic E-state index is 0.241. The van der Waals surface area contributed by atoms with Crippen LogP contribution < -0.4 is 4.90 Å². The summed E-state index contributed by atoms with van der Waals surface area (Å²) in [5.41, 5.74) is 0. The molecule has 0 saturated heterocycles. The molecule has 0 N–H and O–H groups in total. The first-order valence-electron chi connectivity index (χ1n) is 4.40. The Hall–Kier alpha value is -0.700. The standard InChI is InChI=1S/C8H7ClN4OS3/c1-13(2)6-11-12-8(16-6)17-7-10-5(9)4(3-14)15-7/h3H,1-2H3. The minimum atomic E-state index is 0.241. The van der Waals surface area contributed by atoms with E-state index in [1.54, 1.807) is 0 Å². The van der Waals surface area contributed by atoms with Crippen molar-refractivity contribution in [2.75, 3.05) is 19.0 Å². The van der Waals surface area contributed by atoms with Gasteiger partial charge in [-0.05, 0) is 11.8 Å². The summed E-state index contributed by atoms with van der Waals surface area (Å²) in [5, 5.41) is 9.10. The number of carbonyl (C=O) groups excluding carboxylic acids is 1. The van der Waals surface area contributed by atoms with Gasteiger partial charge >= 0.3 is 0 Å². The fourth-order valence-electron chi connectivity index (χ4n) is 0.910. The van der Waals surface area contributed by atoms with Crippen LogP contribution in [0.5, 0.6) is 0 Å². The van der Waals surface area contributed by atoms with Gasteiger partial charge in [-0.3, -0.25) is 4.79 Å². The summed E-state index contributed by atoms with van der Waals surface area (Å²) in [6, 6.07) is 0. The second kappa shape index (κ2) is 5.30. The summed E-state index contributed by atoms with van der Waals surface area (Å²) in [6.45, 7) is 0. The van der Waals surface area contributed by atoms with E-state index in [-0.39, 0.29) is 5.15 Å². The number of hydrogen-bond acceptors (Lipinski definition) is 8. The lowest BCUT2D eigenvalue weighted by Gasteiger charge is -2.03. The van der Waals surface area contributed by atoms with Crippen molar-refractivity contribution in [1.82, 2.24) is 15.2 Å². The smallest absolute Gasteiger partial charge is 0.208 e. The van der Waals surface area contributed by atoms with Crippen LogP contribution in [0, 0.1) is 0 Å². The summed E-state index contributed by atoms with van der Waals surface area (Å²) in [7, 11) is 3.80. The quantitative estimate of drug-likeness (QED) is 0.809. The zero-order valence-corrected chi connectivity index (χ0v) is 12.1. The Kier molecular flexibility index (Phi) is 3.97. The molecule has 0 aliphatic heterocycles. The molecule has 2 rings (SSSR count). The molecule has 5 nitrogen and oxygen atoms in total. The predicted molar refractivity (Wildman–Crippen MR) is 70.9 cm³/mol. The summed E-state index contributed by atoms with van der Waals surface area (Å²) in [6.07, 6.45) is 0.704. The molecule has 0 amide bonds. The SMILES string of the molecule is CN(C)c1nnc(Sc2nc(Cl)c(C=O)s2)s1. The van der Waals surface area contributed by atoms with Gasteiger partial charge in [-0.15, -0.1) is 21.5 Å². The number of nitrogens with zero attached hydrogens (tertiary/aromatic N) is 4. The van der Waals surface area contributed by atoms with Crippen LogP contribution in [0.4, 0.5) is 5.13 Å². The Bertz CT molecular complexity index is 539. The van der Waals surface area contributed by atoms with Crippen molar-refractivity contribution in [2.45, 2.75) is 8.68 Å². The average molecular weight is 307 g/mol. The molecule has 2 heterocycles. The first-order chi connectivity index (χ1) is 8.10. The molecule has 0 saturated carbocycles. The maximum absolute atomic E-state index is 10.6. The highest BCUT2D eigenvalue weighted by Crippen LogP contribution is 2.36. The van der Waals surface area contributed by atoms with Crippen LogP contribution in [0.1, 0.15) is 9.67 Å². The highest BCUT2D eigenvalue weighted by Gasteiger charge is 2.13. The maximum Gasteiger partial charge on any atom is 0.208 e. The topological polar surface area (TPSA) is 59.0 Å². The lowest BCUT2D eigenvalue weighted by Crippen LogP contribution is -2.07. The van der Waals surface area contributed by atoms with Gasteiger partial charge in [0.25, 0.3) is 0 Å². The Morgan fingerprint density at radius 3 is 2.59 bits per heavy atom. The zero-order chi connectivity index (χ0) is 12.4. The van der Waals surface area contributed by atoms with Crippen molar-refractivity contribution in [3.63, 3.8) is 0 Å². The van der Waals surface area contributed by atoms with Gasteiger partial charge in [-0.25, -0.2) is 4.98 Å². The van der Waals surface area contributed by atoms with Crippen molar-refractivity contribution in [3.05, 3.63) is 10.0 Å². The third kappa shape index (κ3) is 2.95. The molecule has 17 heavy (non-hydrogen) atoms. The number of anilines is 1. The van der Waals surface area contributed by atoms with Crippen molar-refractivity contribution in [3.8, 4) is 0 Å². The number of aromatic nitrogens is 3. The van der Waals surface area contributed by atoms with E-state index >= 15 is 0 Å². The molecule has 0 atom stereocenters. The molecule has 9 heteroatoms. The van der Waals surface area contributed by atoms with Crippen molar-refractivity contribution < 1.29 is 4.79 Å². The van der Waals surface area contributed by atoms with E-state index in [0.29, 0.717) is 15.5 Å². The van der Waals surface area contributed by atoms with E-state index in [1.165, 1.54) is 34.4 Å². The third-order valence-electron chi connectivity index (χ3n) is 1.65. The van der Waals surface area contributed by atoms with Crippen LogP contribution in [0.3, 0.4) is 0 Å². The molecule has 0 spiro atoms. The molecule has 0 radical (unpaired) electrons. The van der Waals surface area contributed by atoms with Crippen LogP contribution in [-0.2, 0) is 0 Å². The molecule has 2 aromatic heterocycles. The second-order valence-electron chi connectivity index (χ2n) is 3.10. The van der Waals surface area contributed by atoms with E-state index in [9.17, 15) is 4.79 Å². The summed E-state index contributed by atoms with van der Waals surface area (Å²) in [5.74, 6) is 0. The van der Waals surface area contributed by atoms with Crippen LogP contribution in [0.2, 0.25) is 5.15 Å². The van der Waals surface area contributed by atoms with Crippen LogP contribution in [0.25, 0.3) is 0 Å². The second-order valence-corrected chi connectivity index (χ2v) is 6.94. The van der Waals surface area contributed by atoms with E-state index < -0.39 is 0 Å². The molecular formula is C8H7ClN4OS3. The number of carbonyl (C=O) groups is 1. The van der Waals surface area contributed by atoms with E-state index in [0.717, 1.165) is 9.47 Å². The van der Waals surface area contributed by atoms with Crippen LogP contribution in [-0.4, -0.2) is 35.6 Å². The first kappa shape index (κ1) is 12.7. The van der Waals surface area contributed by atoms with Crippen molar-refractivity contribution in [2.24, 2.45) is 0 Å². The summed E-state index contributed by atoms with van der Waals surface area (Å²) < 4.78 is 1.47. The van der Waals surface area contributed by atoms with Gasteiger partial charge in [0, 0.05) is 14.1 Å². The first-order valence-corrected chi connectivity index (χ1v) is 7.23. The fourth-order valence-corrected chi connectivity index (χ4v) is 4.09. The zero-order valence-electron chi connectivity index (χ0n) is 8.88. The Morgan fingerprint density at radius 1 is 1.29 bits per heavy atom. The largest absolute Gasteiger partial charge is 0.353 e. The fraction of sp³-hybridized carbons (Fsp3) is 0.250. The highest BCUT2D eigenvalue weighted by atomic mass is 35.5. The summed E-state index contributed by atoms with van der Waals surface area (Å²) >= 11 is 9.85. The van der Waals surface area contributed by atoms with Gasteiger partial charge in [0.15, 0.2) is 20.1 Å². The van der Waals surface area contributed by atoms with Gasteiger partial charge in [0.1, 0.15) is 4.88 Å². The van der Waals surface area contributed by atoms with Gasteiger partial charge in [-0.2, -0.15) is 0 Å². The third-order valence-corrected chi connectivity index (χ3v) is 5.23. The molecule has 2 aromatic rings. The minimum Gasteiger partial charge on any atom is -0.353 e. The molecule has 90 valence electrons. The molecule has 0 bridgehead atoms. The molecule has 0 aliphatic rings. The van der Waals surface area contributed by atoms with E-state index in [2.05, 4.69) is 15.2 Å². The Labute approximate surface area is 115 Å². The number of aldehydes is 1. The number of halogens is 1. The molecule has 0 aliphatic carbocycles. The lowest BCUT2D eigenvalue weighted by atomic mass is 10.6. The molecular weight excluding hydrogens is 300 g/mol. The Morgan fingerprint density at radius 2 is 2.06 bits per heavy atom. The monoisotopic (exact) mass is 306 g/mol. The van der Waals surface area contributed by atoms with Crippen LogP contribution >= 0.6 is 46.0 Å².